The van der Waals surface area contributed by atoms with Crippen molar-refractivity contribution in [2.24, 2.45) is 0 Å². The first kappa shape index (κ1) is 23.5. The molecule has 1 aromatic heterocycles. The molecule has 3 aromatic rings. The minimum atomic E-state index is -5.19. The van der Waals surface area contributed by atoms with Gasteiger partial charge in [-0.25, -0.2) is 4.79 Å². The summed E-state index contributed by atoms with van der Waals surface area (Å²) >= 11 is 0. The van der Waals surface area contributed by atoms with E-state index < -0.39 is 35.4 Å². The van der Waals surface area contributed by atoms with Gasteiger partial charge in [-0.3, -0.25) is 19.5 Å². The number of aromatic nitrogens is 1. The number of quaternary nitrogens is 1. The summed E-state index contributed by atoms with van der Waals surface area (Å²) in [6.45, 7) is -0.213. The van der Waals surface area contributed by atoms with Crippen LogP contribution in [0.15, 0.2) is 60.8 Å². The Bertz CT molecular complexity index is 1210. The molecule has 0 radical (unpaired) electrons. The highest BCUT2D eigenvalue weighted by Gasteiger charge is 2.57. The average molecular weight is 474 g/mol. The quantitative estimate of drug-likeness (QED) is 0.509. The molecule has 2 heterocycles. The molecular weight excluding hydrogens is 451 g/mol. The third-order valence-electron chi connectivity index (χ3n) is 5.87. The zero-order valence-corrected chi connectivity index (χ0v) is 18.6. The predicted molar refractivity (Wildman–Crippen MR) is 116 cm³/mol. The first-order valence-corrected chi connectivity index (χ1v) is 10.5. The lowest BCUT2D eigenvalue weighted by atomic mass is 10.0. The number of hydroxylamine groups is 3. The molecule has 1 aliphatic rings. The maximum Gasteiger partial charge on any atom is 0.497 e. The fraction of sp³-hybridized carbons (Fsp3) is 0.292. The molecule has 1 aliphatic heterocycles. The second kappa shape index (κ2) is 8.94. The Labute approximate surface area is 193 Å². The van der Waals surface area contributed by atoms with Gasteiger partial charge in [-0.15, -0.1) is 4.65 Å². The van der Waals surface area contributed by atoms with E-state index >= 15 is 0 Å². The Balaban J connectivity index is 1.73. The van der Waals surface area contributed by atoms with Crippen LogP contribution in [-0.2, 0) is 20.8 Å². The van der Waals surface area contributed by atoms with Crippen molar-refractivity contribution in [3.05, 3.63) is 71.9 Å². The van der Waals surface area contributed by atoms with E-state index in [1.165, 1.54) is 18.1 Å². The molecule has 4 rings (SSSR count). The van der Waals surface area contributed by atoms with E-state index in [2.05, 4.69) is 4.98 Å². The van der Waals surface area contributed by atoms with Gasteiger partial charge in [-0.2, -0.15) is 13.2 Å². The highest BCUT2D eigenvalue weighted by molar-refractivity contribution is 5.85. The lowest BCUT2D eigenvalue weighted by Crippen LogP contribution is -2.50. The maximum atomic E-state index is 13.1. The van der Waals surface area contributed by atoms with Gasteiger partial charge in [0.05, 0.1) is 12.6 Å². The molecule has 2 aromatic carbocycles. The smallest absolute Gasteiger partial charge is 0.497 e. The summed E-state index contributed by atoms with van der Waals surface area (Å²) in [5.74, 6) is -2.08. The van der Waals surface area contributed by atoms with Crippen LogP contribution in [0.1, 0.15) is 17.3 Å². The summed E-state index contributed by atoms with van der Waals surface area (Å²) in [5.41, 5.74) is 2.08. The fourth-order valence-electron chi connectivity index (χ4n) is 4.29. The minimum absolute atomic E-state index is 0.212. The van der Waals surface area contributed by atoms with Crippen LogP contribution in [-0.4, -0.2) is 59.8 Å². The Morgan fingerprint density at radius 1 is 1.15 bits per heavy atom. The van der Waals surface area contributed by atoms with E-state index in [0.29, 0.717) is 28.6 Å². The first-order chi connectivity index (χ1) is 16.1. The van der Waals surface area contributed by atoms with Crippen LogP contribution in [0.3, 0.4) is 0 Å². The van der Waals surface area contributed by atoms with Crippen molar-refractivity contribution in [2.75, 3.05) is 27.2 Å². The van der Waals surface area contributed by atoms with E-state index in [4.69, 9.17) is 9.57 Å². The summed E-state index contributed by atoms with van der Waals surface area (Å²) in [6.07, 6.45) is -4.20. The van der Waals surface area contributed by atoms with Crippen molar-refractivity contribution in [2.45, 2.75) is 18.8 Å². The molecular formula is C24H23F3N3O4+. The minimum Gasteiger partial charge on any atom is -0.497 e. The van der Waals surface area contributed by atoms with Crippen molar-refractivity contribution in [3.63, 3.8) is 0 Å². The van der Waals surface area contributed by atoms with Crippen LogP contribution < -0.4 is 4.74 Å². The van der Waals surface area contributed by atoms with Crippen molar-refractivity contribution in [1.82, 2.24) is 9.88 Å². The number of nitrogens with zero attached hydrogens (tertiary/aromatic N) is 3. The molecule has 2 atom stereocenters. The Hall–Kier alpha value is -3.66. The number of benzene rings is 2. The fourth-order valence-corrected chi connectivity index (χ4v) is 4.29. The normalized spacial score (nSPS) is 20.6. The Morgan fingerprint density at radius 2 is 1.85 bits per heavy atom. The maximum absolute atomic E-state index is 13.1. The van der Waals surface area contributed by atoms with E-state index in [1.54, 1.807) is 49.6 Å². The summed E-state index contributed by atoms with van der Waals surface area (Å²) in [4.78, 5) is 35.6. The largest absolute Gasteiger partial charge is 0.497 e. The lowest BCUT2D eigenvalue weighted by Gasteiger charge is -2.34. The van der Waals surface area contributed by atoms with Crippen molar-refractivity contribution in [3.8, 4) is 5.75 Å². The van der Waals surface area contributed by atoms with E-state index in [9.17, 15) is 22.8 Å². The summed E-state index contributed by atoms with van der Waals surface area (Å²) < 4.78 is 43.5. The average Bonchev–Trinajstić information content (AvgIpc) is 3.05. The molecule has 10 heteroatoms. The van der Waals surface area contributed by atoms with Crippen LogP contribution in [0.25, 0.3) is 10.9 Å². The van der Waals surface area contributed by atoms with Crippen LogP contribution >= 0.6 is 0 Å². The van der Waals surface area contributed by atoms with Crippen molar-refractivity contribution in [1.29, 1.82) is 0 Å². The highest BCUT2D eigenvalue weighted by atomic mass is 19.4. The summed E-state index contributed by atoms with van der Waals surface area (Å²) in [6, 6.07) is 16.0. The van der Waals surface area contributed by atoms with Gasteiger partial charge in [0.25, 0.3) is 5.91 Å². The highest BCUT2D eigenvalue weighted by Crippen LogP contribution is 2.40. The SMILES string of the molecule is COc1ccc(CCN2C(=O)C[N+](C)(OC(=O)C(F)(F)F)C2c2ccnc3ccccc23)cc1. The monoisotopic (exact) mass is 474 g/mol. The predicted octanol–water partition coefficient (Wildman–Crippen LogP) is 3.79. The van der Waals surface area contributed by atoms with Gasteiger partial charge in [0.2, 0.25) is 6.17 Å². The summed E-state index contributed by atoms with van der Waals surface area (Å²) in [5, 5.41) is 0.659. The van der Waals surface area contributed by atoms with Crippen LogP contribution in [0.5, 0.6) is 5.75 Å². The summed E-state index contributed by atoms with van der Waals surface area (Å²) in [7, 11) is 2.87. The number of hydrogen-bond acceptors (Lipinski definition) is 5. The van der Waals surface area contributed by atoms with Gasteiger partial charge >= 0.3 is 12.1 Å². The second-order valence-electron chi connectivity index (χ2n) is 8.18. The van der Waals surface area contributed by atoms with Gasteiger partial charge < -0.3 is 4.74 Å². The number of likely N-dealkylation sites (N-methyl/N-ethyl adjacent to an activating group) is 1. The van der Waals surface area contributed by atoms with Gasteiger partial charge in [-0.05, 0) is 36.2 Å². The zero-order chi connectivity index (χ0) is 24.5. The van der Waals surface area contributed by atoms with Crippen LogP contribution in [0.2, 0.25) is 0 Å². The molecule has 178 valence electrons. The number of alkyl halides is 3. The topological polar surface area (TPSA) is 68.7 Å². The van der Waals surface area contributed by atoms with Gasteiger partial charge in [0, 0.05) is 23.7 Å². The number of para-hydroxylation sites is 1. The number of carbonyl (C=O) groups excluding carboxylic acids is 2. The van der Waals surface area contributed by atoms with Crippen molar-refractivity contribution < 1.29 is 37.0 Å². The number of fused-ring (bicyclic) bond motifs is 1. The number of ether oxygens (including phenoxy) is 1. The number of carbonyl (C=O) groups is 2. The molecule has 7 nitrogen and oxygen atoms in total. The first-order valence-electron chi connectivity index (χ1n) is 10.5. The number of halogens is 3. The molecule has 0 aliphatic carbocycles. The van der Waals surface area contributed by atoms with E-state index in [0.717, 1.165) is 5.56 Å². The van der Waals surface area contributed by atoms with Gasteiger partial charge in [0.1, 0.15) is 12.8 Å². The van der Waals surface area contributed by atoms with E-state index in [-0.39, 0.29) is 6.54 Å². The second-order valence-corrected chi connectivity index (χ2v) is 8.18. The standard InChI is InChI=1S/C24H23F3N3O4/c1-30(34-23(32)24(25,26)27)15-21(31)29(14-12-16-7-9-17(33-2)10-8-16)22(30)19-11-13-28-20-6-4-3-5-18(19)20/h3-11,13,22H,12,14-15H2,1-2H3/q+1. The molecule has 1 amide bonds. The Morgan fingerprint density at radius 3 is 2.53 bits per heavy atom. The van der Waals surface area contributed by atoms with Crippen LogP contribution in [0.4, 0.5) is 13.2 Å². The number of rotatable bonds is 6. The number of methoxy groups -OCH3 is 1. The molecule has 0 spiro atoms. The van der Waals surface area contributed by atoms with Crippen LogP contribution in [0, 0.1) is 0 Å². The van der Waals surface area contributed by atoms with Gasteiger partial charge in [0.15, 0.2) is 6.54 Å². The zero-order valence-electron chi connectivity index (χ0n) is 18.6. The number of pyridine rings is 1. The number of amides is 1. The molecule has 1 saturated heterocycles. The third kappa shape index (κ3) is 4.54. The molecule has 0 saturated carbocycles. The molecule has 2 unspecified atom stereocenters. The molecule has 1 fully saturated rings. The third-order valence-corrected chi connectivity index (χ3v) is 5.87. The Kier molecular flexibility index (Phi) is 6.18. The van der Waals surface area contributed by atoms with E-state index in [1.807, 2.05) is 12.1 Å². The van der Waals surface area contributed by atoms with Crippen molar-refractivity contribution >= 4 is 22.8 Å². The molecule has 0 bridgehead atoms. The molecule has 34 heavy (non-hydrogen) atoms. The molecule has 0 N–H and O–H groups in total. The van der Waals surface area contributed by atoms with Gasteiger partial charge in [-0.1, -0.05) is 30.3 Å². The lowest BCUT2D eigenvalue weighted by molar-refractivity contribution is -1.09. The number of hydrogen-bond donors (Lipinski definition) is 0.